The molecule has 0 radical (unpaired) electrons. The Labute approximate surface area is 101 Å². The van der Waals surface area contributed by atoms with Gasteiger partial charge in [0, 0.05) is 24.2 Å². The van der Waals surface area contributed by atoms with Crippen LogP contribution in [0.15, 0.2) is 12.1 Å². The first kappa shape index (κ1) is 12.2. The predicted octanol–water partition coefficient (Wildman–Crippen LogP) is 2.01. The fraction of sp³-hybridized carbons (Fsp3) is 0.333. The van der Waals surface area contributed by atoms with Crippen LogP contribution in [-0.2, 0) is 6.54 Å². The summed E-state index contributed by atoms with van der Waals surface area (Å²) in [6.07, 6.45) is 0. The Morgan fingerprint density at radius 3 is 2.80 bits per heavy atom. The lowest BCUT2D eigenvalue weighted by atomic mass is 10.2. The van der Waals surface area contributed by atoms with Crippen LogP contribution >= 0.6 is 22.6 Å². The van der Waals surface area contributed by atoms with Crippen molar-refractivity contribution in [1.82, 2.24) is 5.32 Å². The number of aromatic hydroxyl groups is 1. The Morgan fingerprint density at radius 1 is 1.60 bits per heavy atom. The molecule has 2 N–H and O–H groups in total. The summed E-state index contributed by atoms with van der Waals surface area (Å²) in [4.78, 5) is 10.1. The van der Waals surface area contributed by atoms with Crippen molar-refractivity contribution < 1.29 is 10.0 Å². The molecule has 6 heteroatoms. The lowest BCUT2D eigenvalue weighted by Gasteiger charge is -2.06. The van der Waals surface area contributed by atoms with E-state index in [1.165, 1.54) is 12.1 Å². The van der Waals surface area contributed by atoms with E-state index in [1.807, 2.05) is 29.5 Å². The molecule has 0 aliphatic carbocycles. The van der Waals surface area contributed by atoms with Crippen molar-refractivity contribution in [2.75, 3.05) is 6.54 Å². The van der Waals surface area contributed by atoms with Crippen LogP contribution in [0, 0.1) is 13.7 Å². The van der Waals surface area contributed by atoms with E-state index >= 15 is 0 Å². The fourth-order valence-corrected chi connectivity index (χ4v) is 1.81. The highest BCUT2D eigenvalue weighted by Gasteiger charge is 2.13. The first-order chi connectivity index (χ1) is 7.06. The highest BCUT2D eigenvalue weighted by molar-refractivity contribution is 14.1. The second-order valence-electron chi connectivity index (χ2n) is 2.97. The van der Waals surface area contributed by atoms with Crippen LogP contribution in [0.2, 0.25) is 0 Å². The van der Waals surface area contributed by atoms with Gasteiger partial charge in [-0.1, -0.05) is 6.92 Å². The molecule has 0 saturated carbocycles. The average molecular weight is 322 g/mol. The fourth-order valence-electron chi connectivity index (χ4n) is 1.14. The summed E-state index contributed by atoms with van der Waals surface area (Å²) in [5.41, 5.74) is 0.556. The number of nitro groups is 1. The van der Waals surface area contributed by atoms with Crippen molar-refractivity contribution in [1.29, 1.82) is 0 Å². The van der Waals surface area contributed by atoms with E-state index in [0.29, 0.717) is 15.7 Å². The number of non-ortho nitro benzene ring substituents is 1. The van der Waals surface area contributed by atoms with Gasteiger partial charge in [0.15, 0.2) is 0 Å². The summed E-state index contributed by atoms with van der Waals surface area (Å²) >= 11 is 1.88. The number of nitro benzene ring substituents is 1. The maximum atomic E-state index is 10.6. The van der Waals surface area contributed by atoms with Gasteiger partial charge in [-0.3, -0.25) is 10.1 Å². The first-order valence-corrected chi connectivity index (χ1v) is 5.50. The number of hydrogen-bond donors (Lipinski definition) is 2. The molecule has 0 saturated heterocycles. The van der Waals surface area contributed by atoms with Gasteiger partial charge in [-0.05, 0) is 29.1 Å². The van der Waals surface area contributed by atoms with Gasteiger partial charge >= 0.3 is 0 Å². The Bertz CT molecular complexity index is 382. The molecule has 0 fully saturated rings. The summed E-state index contributed by atoms with van der Waals surface area (Å²) < 4.78 is 0.495. The zero-order chi connectivity index (χ0) is 11.4. The van der Waals surface area contributed by atoms with Crippen LogP contribution in [0.25, 0.3) is 0 Å². The highest BCUT2D eigenvalue weighted by Crippen LogP contribution is 2.29. The highest BCUT2D eigenvalue weighted by atomic mass is 127. The van der Waals surface area contributed by atoms with E-state index < -0.39 is 4.92 Å². The van der Waals surface area contributed by atoms with Crippen LogP contribution in [-0.4, -0.2) is 16.6 Å². The van der Waals surface area contributed by atoms with E-state index in [1.54, 1.807) is 0 Å². The molecular weight excluding hydrogens is 311 g/mol. The number of halogens is 1. The van der Waals surface area contributed by atoms with Crippen molar-refractivity contribution in [2.24, 2.45) is 0 Å². The second-order valence-corrected chi connectivity index (χ2v) is 4.13. The van der Waals surface area contributed by atoms with Crippen molar-refractivity contribution in [3.63, 3.8) is 0 Å². The monoisotopic (exact) mass is 322 g/mol. The molecule has 0 aliphatic rings. The average Bonchev–Trinajstić information content (AvgIpc) is 2.19. The quantitative estimate of drug-likeness (QED) is 0.505. The molecule has 1 rings (SSSR count). The number of phenolic OH excluding ortho intramolecular Hbond substituents is 1. The molecule has 1 aromatic carbocycles. The Morgan fingerprint density at radius 2 is 2.27 bits per heavy atom. The molecule has 0 unspecified atom stereocenters. The molecule has 0 bridgehead atoms. The van der Waals surface area contributed by atoms with Gasteiger partial charge in [0.2, 0.25) is 0 Å². The molecule has 82 valence electrons. The SMILES string of the molecule is CCNCc1cc([N+](=O)[O-])cc(I)c1O. The van der Waals surface area contributed by atoms with Crippen molar-refractivity contribution >= 4 is 28.3 Å². The smallest absolute Gasteiger partial charge is 0.271 e. The van der Waals surface area contributed by atoms with Gasteiger partial charge in [-0.15, -0.1) is 0 Å². The number of rotatable bonds is 4. The van der Waals surface area contributed by atoms with Gasteiger partial charge < -0.3 is 10.4 Å². The predicted molar refractivity (Wildman–Crippen MR) is 64.9 cm³/mol. The molecule has 0 spiro atoms. The van der Waals surface area contributed by atoms with Crippen LogP contribution < -0.4 is 5.32 Å². The largest absolute Gasteiger partial charge is 0.506 e. The van der Waals surface area contributed by atoms with Gasteiger partial charge in [-0.2, -0.15) is 0 Å². The number of hydrogen-bond acceptors (Lipinski definition) is 4. The van der Waals surface area contributed by atoms with E-state index in [9.17, 15) is 15.2 Å². The second kappa shape index (κ2) is 5.26. The van der Waals surface area contributed by atoms with Gasteiger partial charge in [0.05, 0.1) is 8.49 Å². The molecule has 5 nitrogen and oxygen atoms in total. The first-order valence-electron chi connectivity index (χ1n) is 4.42. The molecule has 0 aliphatic heterocycles. The zero-order valence-electron chi connectivity index (χ0n) is 8.16. The number of nitrogens with zero attached hydrogens (tertiary/aromatic N) is 1. The van der Waals surface area contributed by atoms with E-state index in [2.05, 4.69) is 5.32 Å². The minimum atomic E-state index is -0.461. The lowest BCUT2D eigenvalue weighted by molar-refractivity contribution is -0.385. The molecule has 0 heterocycles. The van der Waals surface area contributed by atoms with Gasteiger partial charge in [0.25, 0.3) is 5.69 Å². The van der Waals surface area contributed by atoms with Crippen molar-refractivity contribution in [3.05, 3.63) is 31.4 Å². The summed E-state index contributed by atoms with van der Waals surface area (Å²) in [6, 6.07) is 2.74. The molecule has 0 atom stereocenters. The van der Waals surface area contributed by atoms with Crippen LogP contribution in [0.1, 0.15) is 12.5 Å². The van der Waals surface area contributed by atoms with Gasteiger partial charge in [0.1, 0.15) is 5.75 Å². The van der Waals surface area contributed by atoms with E-state index in [4.69, 9.17) is 0 Å². The molecule has 15 heavy (non-hydrogen) atoms. The minimum absolute atomic E-state index is 0.00473. The van der Waals surface area contributed by atoms with Crippen molar-refractivity contribution in [2.45, 2.75) is 13.5 Å². The molecule has 1 aromatic rings. The third kappa shape index (κ3) is 3.03. The number of nitrogens with one attached hydrogen (secondary N) is 1. The van der Waals surface area contributed by atoms with Gasteiger partial charge in [-0.25, -0.2) is 0 Å². The summed E-state index contributed by atoms with van der Waals surface area (Å²) in [6.45, 7) is 3.11. The zero-order valence-corrected chi connectivity index (χ0v) is 10.3. The number of benzene rings is 1. The summed E-state index contributed by atoms with van der Waals surface area (Å²) in [5, 5.41) is 23.3. The summed E-state index contributed by atoms with van der Waals surface area (Å²) in [5.74, 6) is 0.113. The minimum Gasteiger partial charge on any atom is -0.506 e. The third-order valence-corrected chi connectivity index (χ3v) is 2.73. The lowest BCUT2D eigenvalue weighted by Crippen LogP contribution is -2.12. The van der Waals surface area contributed by atoms with Crippen LogP contribution in [0.3, 0.4) is 0 Å². The normalized spacial score (nSPS) is 10.3. The third-order valence-electron chi connectivity index (χ3n) is 1.90. The van der Waals surface area contributed by atoms with Crippen LogP contribution in [0.4, 0.5) is 5.69 Å². The van der Waals surface area contributed by atoms with Crippen LogP contribution in [0.5, 0.6) is 5.75 Å². The van der Waals surface area contributed by atoms with Crippen molar-refractivity contribution in [3.8, 4) is 5.75 Å². The Hall–Kier alpha value is -0.890. The maximum Gasteiger partial charge on any atom is 0.271 e. The topological polar surface area (TPSA) is 75.4 Å². The molecular formula is C9H11IN2O3. The summed E-state index contributed by atoms with van der Waals surface area (Å²) in [7, 11) is 0. The van der Waals surface area contributed by atoms with E-state index in [-0.39, 0.29) is 11.4 Å². The Kier molecular flexibility index (Phi) is 4.28. The molecule has 0 amide bonds. The molecule has 0 aromatic heterocycles. The standard InChI is InChI=1S/C9H11IN2O3/c1-2-11-5-6-3-7(12(14)15)4-8(10)9(6)13/h3-4,11,13H,2,5H2,1H3. The Balaban J connectivity index is 3.07. The number of phenols is 1. The van der Waals surface area contributed by atoms with E-state index in [0.717, 1.165) is 6.54 Å². The maximum absolute atomic E-state index is 10.6.